The minimum atomic E-state index is 1.16. The summed E-state index contributed by atoms with van der Waals surface area (Å²) in [5, 5.41) is 5.08. The van der Waals surface area contributed by atoms with Gasteiger partial charge in [0.05, 0.1) is 27.8 Å². The summed E-state index contributed by atoms with van der Waals surface area (Å²) in [5.41, 5.74) is 15.7. The van der Waals surface area contributed by atoms with E-state index in [9.17, 15) is 0 Å². The fourth-order valence-electron chi connectivity index (χ4n) is 8.12. The molecule has 0 fully saturated rings. The van der Waals surface area contributed by atoms with Crippen LogP contribution in [0.15, 0.2) is 188 Å². The van der Waals surface area contributed by atoms with Crippen molar-refractivity contribution in [2.45, 2.75) is 6.92 Å². The third-order valence-electron chi connectivity index (χ3n) is 10.6. The third kappa shape index (κ3) is 5.27. The van der Waals surface area contributed by atoms with Gasteiger partial charge in [0, 0.05) is 32.8 Å². The van der Waals surface area contributed by atoms with E-state index in [1.165, 1.54) is 88.4 Å². The standard InChI is InChI=1S/C51H36N2/c1-35-23-31-50-45(33-35)46-34-39(30-32-51(46)52(50)40-14-3-2-4-15-40)41-16-6-5-13-37(41)27-24-36-25-28-38(29-26-36)42-17-7-10-20-47(42)53-48-21-11-8-18-43(48)44-19-9-12-22-49(44)53/h2-34H,1H3/b27-24+. The van der Waals surface area contributed by atoms with E-state index in [-0.39, 0.29) is 0 Å². The normalized spacial score (nSPS) is 11.8. The van der Waals surface area contributed by atoms with Crippen molar-refractivity contribution in [1.29, 1.82) is 0 Å². The second-order valence-corrected chi connectivity index (χ2v) is 13.9. The molecule has 8 aromatic carbocycles. The number of benzene rings is 8. The molecule has 0 aliphatic heterocycles. The molecular weight excluding hydrogens is 641 g/mol. The number of hydrogen-bond acceptors (Lipinski definition) is 0. The Bertz CT molecular complexity index is 2940. The summed E-state index contributed by atoms with van der Waals surface area (Å²) in [4.78, 5) is 0. The summed E-state index contributed by atoms with van der Waals surface area (Å²) in [6, 6.07) is 68.1. The fraction of sp³-hybridized carbons (Fsp3) is 0.0196. The number of aromatic nitrogens is 2. The average Bonchev–Trinajstić information content (AvgIpc) is 3.73. The molecule has 0 unspecified atom stereocenters. The van der Waals surface area contributed by atoms with Gasteiger partial charge in [0.2, 0.25) is 0 Å². The number of para-hydroxylation sites is 4. The van der Waals surface area contributed by atoms with E-state index in [0.717, 1.165) is 5.56 Å². The molecule has 2 heteroatoms. The van der Waals surface area contributed by atoms with Gasteiger partial charge >= 0.3 is 0 Å². The van der Waals surface area contributed by atoms with Crippen molar-refractivity contribution in [2.24, 2.45) is 0 Å². The molecule has 0 spiro atoms. The molecule has 2 aromatic heterocycles. The molecule has 0 saturated heterocycles. The van der Waals surface area contributed by atoms with Crippen LogP contribution in [-0.2, 0) is 0 Å². The van der Waals surface area contributed by atoms with Crippen LogP contribution in [0.3, 0.4) is 0 Å². The van der Waals surface area contributed by atoms with Gasteiger partial charge < -0.3 is 9.13 Å². The van der Waals surface area contributed by atoms with Gasteiger partial charge in [-0.15, -0.1) is 0 Å². The minimum absolute atomic E-state index is 1.16. The molecule has 2 heterocycles. The molecule has 0 saturated carbocycles. The molecule has 0 N–H and O–H groups in total. The maximum absolute atomic E-state index is 2.41. The van der Waals surface area contributed by atoms with Crippen molar-refractivity contribution < 1.29 is 0 Å². The molecule has 53 heavy (non-hydrogen) atoms. The lowest BCUT2D eigenvalue weighted by atomic mass is 9.97. The Morgan fingerprint density at radius 3 is 1.70 bits per heavy atom. The summed E-state index contributed by atoms with van der Waals surface area (Å²) in [6.45, 7) is 2.17. The SMILES string of the molecule is Cc1ccc2c(c1)c1cc(-c3ccccc3/C=C/c3ccc(-c4ccccc4-n4c5ccccc5c5ccccc54)cc3)ccc1n2-c1ccccc1. The van der Waals surface area contributed by atoms with E-state index in [1.54, 1.807) is 0 Å². The van der Waals surface area contributed by atoms with Crippen LogP contribution >= 0.6 is 0 Å². The van der Waals surface area contributed by atoms with Crippen molar-refractivity contribution >= 4 is 55.8 Å². The Labute approximate surface area is 309 Å². The molecule has 0 aliphatic carbocycles. The number of nitrogens with zero attached hydrogens (tertiary/aromatic N) is 2. The molecule has 0 bridgehead atoms. The largest absolute Gasteiger partial charge is 0.309 e. The Balaban J connectivity index is 1.00. The summed E-state index contributed by atoms with van der Waals surface area (Å²) < 4.78 is 4.79. The van der Waals surface area contributed by atoms with Gasteiger partial charge in [0.1, 0.15) is 0 Å². The number of aryl methyl sites for hydroxylation is 1. The van der Waals surface area contributed by atoms with Gasteiger partial charge in [-0.3, -0.25) is 0 Å². The fourth-order valence-corrected chi connectivity index (χ4v) is 8.12. The topological polar surface area (TPSA) is 9.86 Å². The van der Waals surface area contributed by atoms with Crippen LogP contribution in [0.5, 0.6) is 0 Å². The summed E-state index contributed by atoms with van der Waals surface area (Å²) in [5.74, 6) is 0. The molecule has 0 amide bonds. The third-order valence-corrected chi connectivity index (χ3v) is 10.6. The van der Waals surface area contributed by atoms with Crippen molar-refractivity contribution in [2.75, 3.05) is 0 Å². The van der Waals surface area contributed by atoms with Crippen molar-refractivity contribution in [3.05, 3.63) is 205 Å². The van der Waals surface area contributed by atoms with Crippen molar-refractivity contribution in [3.63, 3.8) is 0 Å². The predicted molar refractivity (Wildman–Crippen MR) is 226 cm³/mol. The Hall–Kier alpha value is -6.90. The highest BCUT2D eigenvalue weighted by Gasteiger charge is 2.16. The molecule has 0 radical (unpaired) electrons. The molecule has 0 aliphatic rings. The molecular formula is C51H36N2. The quantitative estimate of drug-likeness (QED) is 0.155. The highest BCUT2D eigenvalue weighted by atomic mass is 15.0. The first-order valence-corrected chi connectivity index (χ1v) is 18.3. The van der Waals surface area contributed by atoms with Crippen LogP contribution in [0.1, 0.15) is 16.7 Å². The smallest absolute Gasteiger partial charge is 0.0541 e. The molecule has 0 atom stereocenters. The van der Waals surface area contributed by atoms with E-state index < -0.39 is 0 Å². The molecule has 10 rings (SSSR count). The zero-order valence-corrected chi connectivity index (χ0v) is 29.4. The Kier molecular flexibility index (Phi) is 7.40. The maximum Gasteiger partial charge on any atom is 0.0541 e. The van der Waals surface area contributed by atoms with Crippen LogP contribution in [0, 0.1) is 6.92 Å². The number of hydrogen-bond donors (Lipinski definition) is 0. The maximum atomic E-state index is 2.41. The highest BCUT2D eigenvalue weighted by molar-refractivity contribution is 6.11. The van der Waals surface area contributed by atoms with Crippen LogP contribution in [0.2, 0.25) is 0 Å². The van der Waals surface area contributed by atoms with Crippen molar-refractivity contribution in [1.82, 2.24) is 9.13 Å². The molecule has 2 nitrogen and oxygen atoms in total. The first-order valence-electron chi connectivity index (χ1n) is 18.3. The first-order chi connectivity index (χ1) is 26.2. The van der Waals surface area contributed by atoms with Gasteiger partial charge in [-0.25, -0.2) is 0 Å². The van der Waals surface area contributed by atoms with E-state index >= 15 is 0 Å². The average molecular weight is 677 g/mol. The summed E-state index contributed by atoms with van der Waals surface area (Å²) in [6.07, 6.45) is 4.47. The van der Waals surface area contributed by atoms with Crippen LogP contribution in [-0.4, -0.2) is 9.13 Å². The van der Waals surface area contributed by atoms with E-state index in [0.29, 0.717) is 0 Å². The van der Waals surface area contributed by atoms with Crippen molar-refractivity contribution in [3.8, 4) is 33.6 Å². The summed E-state index contributed by atoms with van der Waals surface area (Å²) in [7, 11) is 0. The molecule has 10 aromatic rings. The second kappa shape index (κ2) is 12.7. The highest BCUT2D eigenvalue weighted by Crippen LogP contribution is 2.38. The van der Waals surface area contributed by atoms with Gasteiger partial charge in [0.25, 0.3) is 0 Å². The lowest BCUT2D eigenvalue weighted by Crippen LogP contribution is -1.96. The van der Waals surface area contributed by atoms with E-state index in [1.807, 2.05) is 0 Å². The number of rotatable bonds is 6. The monoisotopic (exact) mass is 676 g/mol. The lowest BCUT2D eigenvalue weighted by Gasteiger charge is -2.14. The van der Waals surface area contributed by atoms with Gasteiger partial charge in [-0.2, -0.15) is 0 Å². The van der Waals surface area contributed by atoms with E-state index in [4.69, 9.17) is 0 Å². The Morgan fingerprint density at radius 1 is 0.377 bits per heavy atom. The van der Waals surface area contributed by atoms with E-state index in [2.05, 4.69) is 216 Å². The molecule has 250 valence electrons. The minimum Gasteiger partial charge on any atom is -0.309 e. The lowest BCUT2D eigenvalue weighted by molar-refractivity contribution is 1.18. The van der Waals surface area contributed by atoms with Gasteiger partial charge in [-0.1, -0.05) is 151 Å². The Morgan fingerprint density at radius 2 is 0.943 bits per heavy atom. The zero-order valence-electron chi connectivity index (χ0n) is 29.4. The van der Waals surface area contributed by atoms with Crippen LogP contribution in [0.4, 0.5) is 0 Å². The number of fused-ring (bicyclic) bond motifs is 6. The first kappa shape index (κ1) is 30.9. The zero-order chi connectivity index (χ0) is 35.3. The summed E-state index contributed by atoms with van der Waals surface area (Å²) >= 11 is 0. The predicted octanol–water partition coefficient (Wildman–Crippen LogP) is 13.7. The van der Waals surface area contributed by atoms with Gasteiger partial charge in [0.15, 0.2) is 0 Å². The van der Waals surface area contributed by atoms with Crippen LogP contribution < -0.4 is 0 Å². The van der Waals surface area contributed by atoms with Crippen LogP contribution in [0.25, 0.3) is 89.4 Å². The second-order valence-electron chi connectivity index (χ2n) is 13.9. The van der Waals surface area contributed by atoms with Gasteiger partial charge in [-0.05, 0) is 89.3 Å².